The van der Waals surface area contributed by atoms with Crippen LogP contribution in [0.1, 0.15) is 0 Å². The number of rotatable bonds is 4. The molecule has 0 bridgehead atoms. The van der Waals surface area contributed by atoms with Crippen LogP contribution in [-0.2, 0) is 6.54 Å². The largest absolute Gasteiger partial charge is 0.368 e. The summed E-state index contributed by atoms with van der Waals surface area (Å²) >= 11 is 0. The minimum absolute atomic E-state index is 0.547. The molecule has 7 nitrogen and oxygen atoms in total. The van der Waals surface area contributed by atoms with Gasteiger partial charge in [-0.2, -0.15) is 5.10 Å². The monoisotopic (exact) mass is 323 g/mol. The highest BCUT2D eigenvalue weighted by atomic mass is 15.3. The van der Waals surface area contributed by atoms with Gasteiger partial charge in [-0.15, -0.1) is 0 Å². The number of piperazine rings is 1. The van der Waals surface area contributed by atoms with E-state index in [1.807, 2.05) is 10.9 Å². The maximum absolute atomic E-state index is 5.64. The van der Waals surface area contributed by atoms with Crippen molar-refractivity contribution >= 4 is 22.5 Å². The Bertz CT molecular complexity index is 806. The van der Waals surface area contributed by atoms with Crippen molar-refractivity contribution in [2.45, 2.75) is 6.54 Å². The van der Waals surface area contributed by atoms with Crippen molar-refractivity contribution in [3.05, 3.63) is 42.9 Å². The quantitative estimate of drug-likeness (QED) is 0.775. The Morgan fingerprint density at radius 2 is 1.71 bits per heavy atom. The molecule has 7 heteroatoms. The van der Waals surface area contributed by atoms with Crippen LogP contribution in [0.5, 0.6) is 0 Å². The summed E-state index contributed by atoms with van der Waals surface area (Å²) in [5.41, 5.74) is 7.78. The molecule has 1 aromatic carbocycles. The Hall–Kier alpha value is -2.67. The fourth-order valence-electron chi connectivity index (χ4n) is 3.23. The van der Waals surface area contributed by atoms with Crippen molar-refractivity contribution in [2.24, 2.45) is 5.73 Å². The first-order valence-corrected chi connectivity index (χ1v) is 8.28. The lowest BCUT2D eigenvalue weighted by Gasteiger charge is -2.36. The number of hydrogen-bond donors (Lipinski definition) is 1. The van der Waals surface area contributed by atoms with Crippen LogP contribution in [-0.4, -0.2) is 52.5 Å². The van der Waals surface area contributed by atoms with E-state index in [4.69, 9.17) is 5.73 Å². The van der Waals surface area contributed by atoms with Crippen LogP contribution in [0.2, 0.25) is 0 Å². The van der Waals surface area contributed by atoms with Crippen LogP contribution in [0.4, 0.5) is 11.5 Å². The molecular formula is C17H21N7. The SMILES string of the molecule is NCCn1ncc2c(N3CCN(c4ccccc4)CC3)ncnc21. The van der Waals surface area contributed by atoms with E-state index in [0.717, 1.165) is 43.0 Å². The van der Waals surface area contributed by atoms with Gasteiger partial charge < -0.3 is 15.5 Å². The summed E-state index contributed by atoms with van der Waals surface area (Å²) in [4.78, 5) is 13.6. The van der Waals surface area contributed by atoms with Gasteiger partial charge in [-0.25, -0.2) is 14.6 Å². The Morgan fingerprint density at radius 1 is 0.958 bits per heavy atom. The van der Waals surface area contributed by atoms with Crippen molar-refractivity contribution in [3.8, 4) is 0 Å². The topological polar surface area (TPSA) is 76.1 Å². The molecule has 24 heavy (non-hydrogen) atoms. The molecular weight excluding hydrogens is 302 g/mol. The van der Waals surface area contributed by atoms with E-state index in [-0.39, 0.29) is 0 Å². The zero-order valence-corrected chi connectivity index (χ0v) is 13.5. The lowest BCUT2D eigenvalue weighted by molar-refractivity contribution is 0.638. The summed E-state index contributed by atoms with van der Waals surface area (Å²) in [6.07, 6.45) is 3.47. The van der Waals surface area contributed by atoms with Gasteiger partial charge in [0, 0.05) is 38.4 Å². The number of benzene rings is 1. The van der Waals surface area contributed by atoms with Crippen LogP contribution in [0.25, 0.3) is 11.0 Å². The number of anilines is 2. The van der Waals surface area contributed by atoms with Crippen molar-refractivity contribution in [1.82, 2.24) is 19.7 Å². The molecule has 1 aliphatic heterocycles. The highest BCUT2D eigenvalue weighted by Crippen LogP contribution is 2.24. The molecule has 0 atom stereocenters. The van der Waals surface area contributed by atoms with Crippen LogP contribution >= 0.6 is 0 Å². The molecule has 0 amide bonds. The third-order valence-electron chi connectivity index (χ3n) is 4.45. The molecule has 2 N–H and O–H groups in total. The molecule has 0 aliphatic carbocycles. The zero-order chi connectivity index (χ0) is 16.4. The van der Waals surface area contributed by atoms with Gasteiger partial charge in [0.1, 0.15) is 12.1 Å². The first-order chi connectivity index (χ1) is 11.9. The lowest BCUT2D eigenvalue weighted by atomic mass is 10.2. The highest BCUT2D eigenvalue weighted by Gasteiger charge is 2.21. The van der Waals surface area contributed by atoms with E-state index in [2.05, 4.69) is 55.2 Å². The van der Waals surface area contributed by atoms with Gasteiger partial charge in [0.2, 0.25) is 0 Å². The normalized spacial score (nSPS) is 15.2. The Morgan fingerprint density at radius 3 is 2.46 bits per heavy atom. The molecule has 3 heterocycles. The number of aromatic nitrogens is 4. The fourth-order valence-corrected chi connectivity index (χ4v) is 3.23. The smallest absolute Gasteiger partial charge is 0.163 e. The Kier molecular flexibility index (Phi) is 4.00. The van der Waals surface area contributed by atoms with Crippen molar-refractivity contribution in [2.75, 3.05) is 42.5 Å². The summed E-state index contributed by atoms with van der Waals surface area (Å²) in [6, 6.07) is 10.5. The van der Waals surface area contributed by atoms with Crippen molar-refractivity contribution in [3.63, 3.8) is 0 Å². The van der Waals surface area contributed by atoms with E-state index < -0.39 is 0 Å². The number of nitrogens with two attached hydrogens (primary N) is 1. The minimum atomic E-state index is 0.547. The molecule has 0 saturated carbocycles. The van der Waals surface area contributed by atoms with Crippen molar-refractivity contribution in [1.29, 1.82) is 0 Å². The number of hydrogen-bond acceptors (Lipinski definition) is 6. The second kappa shape index (κ2) is 6.45. The first-order valence-electron chi connectivity index (χ1n) is 8.28. The third-order valence-corrected chi connectivity index (χ3v) is 4.45. The molecule has 124 valence electrons. The van der Waals surface area contributed by atoms with Crippen LogP contribution in [0.3, 0.4) is 0 Å². The molecule has 1 aliphatic rings. The van der Waals surface area contributed by atoms with Gasteiger partial charge in [0.05, 0.1) is 18.1 Å². The van der Waals surface area contributed by atoms with E-state index in [1.165, 1.54) is 5.69 Å². The molecule has 0 radical (unpaired) electrons. The maximum atomic E-state index is 5.64. The Labute approximate surface area is 140 Å². The van der Waals surface area contributed by atoms with Gasteiger partial charge in [-0.1, -0.05) is 18.2 Å². The summed E-state index contributed by atoms with van der Waals surface area (Å²) in [5, 5.41) is 5.40. The average molecular weight is 323 g/mol. The van der Waals surface area contributed by atoms with E-state index in [9.17, 15) is 0 Å². The first kappa shape index (κ1) is 14.9. The predicted octanol–water partition coefficient (Wildman–Crippen LogP) is 1.11. The fraction of sp³-hybridized carbons (Fsp3) is 0.353. The van der Waals surface area contributed by atoms with Gasteiger partial charge in [-0.05, 0) is 12.1 Å². The van der Waals surface area contributed by atoms with E-state index >= 15 is 0 Å². The minimum Gasteiger partial charge on any atom is -0.368 e. The van der Waals surface area contributed by atoms with Gasteiger partial charge in [-0.3, -0.25) is 0 Å². The summed E-state index contributed by atoms with van der Waals surface area (Å²) in [6.45, 7) is 5.04. The molecule has 0 unspecified atom stereocenters. The number of para-hydroxylation sites is 1. The van der Waals surface area contributed by atoms with Crippen LogP contribution < -0.4 is 15.5 Å². The molecule has 1 fully saturated rings. The lowest BCUT2D eigenvalue weighted by Crippen LogP contribution is -2.46. The molecule has 3 aromatic rings. The number of fused-ring (bicyclic) bond motifs is 1. The number of nitrogens with zero attached hydrogens (tertiary/aromatic N) is 6. The van der Waals surface area contributed by atoms with Gasteiger partial charge in [0.25, 0.3) is 0 Å². The van der Waals surface area contributed by atoms with E-state index in [0.29, 0.717) is 13.1 Å². The zero-order valence-electron chi connectivity index (χ0n) is 13.5. The van der Waals surface area contributed by atoms with Crippen LogP contribution in [0.15, 0.2) is 42.9 Å². The predicted molar refractivity (Wildman–Crippen MR) is 95.2 cm³/mol. The van der Waals surface area contributed by atoms with Crippen molar-refractivity contribution < 1.29 is 0 Å². The second-order valence-corrected chi connectivity index (χ2v) is 5.90. The molecule has 4 rings (SSSR count). The van der Waals surface area contributed by atoms with Crippen LogP contribution in [0, 0.1) is 0 Å². The summed E-state index contributed by atoms with van der Waals surface area (Å²) in [7, 11) is 0. The maximum Gasteiger partial charge on any atom is 0.163 e. The van der Waals surface area contributed by atoms with E-state index in [1.54, 1.807) is 6.33 Å². The molecule has 2 aromatic heterocycles. The molecule has 1 saturated heterocycles. The average Bonchev–Trinajstić information content (AvgIpc) is 3.06. The molecule has 0 spiro atoms. The summed E-state index contributed by atoms with van der Waals surface area (Å²) in [5.74, 6) is 0.969. The third kappa shape index (κ3) is 2.67. The highest BCUT2D eigenvalue weighted by molar-refractivity contribution is 5.86. The Balaban J connectivity index is 1.54. The second-order valence-electron chi connectivity index (χ2n) is 5.90. The van der Waals surface area contributed by atoms with Gasteiger partial charge >= 0.3 is 0 Å². The summed E-state index contributed by atoms with van der Waals surface area (Å²) < 4.78 is 1.85. The van der Waals surface area contributed by atoms with Gasteiger partial charge in [0.15, 0.2) is 5.65 Å². The standard InChI is InChI=1S/C17H21N7/c18-6-7-24-17-15(12-21-24)16(19-13-20-17)23-10-8-22(9-11-23)14-4-2-1-3-5-14/h1-5,12-13H,6-11,18H2.